The van der Waals surface area contributed by atoms with Crippen LogP contribution in [-0.2, 0) is 19.2 Å². The number of unbranched alkanes of at least 4 members (excludes halogenated alkanes) is 2. The number of hydrogen-bond acceptors (Lipinski definition) is 4. The van der Waals surface area contributed by atoms with Crippen LogP contribution in [0.1, 0.15) is 19.3 Å². The molecule has 0 aromatic heterocycles. The fourth-order valence-corrected chi connectivity index (χ4v) is 0.285. The van der Waals surface area contributed by atoms with Crippen LogP contribution in [0.25, 0.3) is 0 Å². The summed E-state index contributed by atoms with van der Waals surface area (Å²) < 4.78 is 0. The lowest BCUT2D eigenvalue weighted by Gasteiger charge is -1.78. The summed E-state index contributed by atoms with van der Waals surface area (Å²) in [6.45, 7) is 4.00. The summed E-state index contributed by atoms with van der Waals surface area (Å²) in [5.41, 5.74) is 0. The van der Waals surface area contributed by atoms with E-state index in [2.05, 4.69) is 0 Å². The molecular formula is C7H12O4. The molecule has 0 rings (SSSR count). The van der Waals surface area contributed by atoms with Gasteiger partial charge in [-0.1, -0.05) is 0 Å². The summed E-state index contributed by atoms with van der Waals surface area (Å²) in [5.74, 6) is 0. The van der Waals surface area contributed by atoms with Gasteiger partial charge in [0, 0.05) is 12.8 Å². The monoisotopic (exact) mass is 160 g/mol. The minimum absolute atomic E-state index is 0.513. The van der Waals surface area contributed by atoms with Crippen LogP contribution in [0.3, 0.4) is 0 Å². The molecule has 0 aromatic rings. The van der Waals surface area contributed by atoms with Crippen molar-refractivity contribution in [3.05, 3.63) is 0 Å². The molecule has 0 fully saturated rings. The number of carbonyl (C=O) groups is 4. The maximum atomic E-state index is 9.56. The van der Waals surface area contributed by atoms with Gasteiger partial charge in [-0.2, -0.15) is 0 Å². The van der Waals surface area contributed by atoms with Crippen LogP contribution in [0, 0.1) is 0 Å². The van der Waals surface area contributed by atoms with E-state index < -0.39 is 0 Å². The van der Waals surface area contributed by atoms with Gasteiger partial charge in [0.2, 0.25) is 0 Å². The van der Waals surface area contributed by atoms with Crippen LogP contribution in [0.15, 0.2) is 0 Å². The average Bonchev–Trinajstić information content (AvgIpc) is 2.13. The van der Waals surface area contributed by atoms with Crippen molar-refractivity contribution >= 4 is 26.2 Å². The topological polar surface area (TPSA) is 68.3 Å². The third-order valence-electron chi connectivity index (χ3n) is 0.644. The molecule has 0 aliphatic heterocycles. The largest absolute Gasteiger partial charge is 0.307 e. The van der Waals surface area contributed by atoms with Crippen molar-refractivity contribution in [1.29, 1.82) is 0 Å². The second-order valence-electron chi connectivity index (χ2n) is 1.26. The van der Waals surface area contributed by atoms with Gasteiger partial charge in [-0.15, -0.1) is 0 Å². The SMILES string of the molecule is C=O.C=O.O=CCCCC=O. The zero-order valence-corrected chi connectivity index (χ0v) is 6.32. The van der Waals surface area contributed by atoms with Crippen LogP contribution >= 0.6 is 0 Å². The standard InChI is InChI=1S/C5H8O2.2CH2O/c6-4-2-1-3-5-7;2*1-2/h4-5H,1-3H2;2*1H2. The molecule has 0 bridgehead atoms. The van der Waals surface area contributed by atoms with Crippen molar-refractivity contribution in [3.63, 3.8) is 0 Å². The highest BCUT2D eigenvalue weighted by molar-refractivity contribution is 5.52. The molecule has 0 saturated heterocycles. The third kappa shape index (κ3) is 53.9. The van der Waals surface area contributed by atoms with Crippen molar-refractivity contribution in [2.45, 2.75) is 19.3 Å². The lowest BCUT2D eigenvalue weighted by molar-refractivity contribution is -0.109. The van der Waals surface area contributed by atoms with E-state index >= 15 is 0 Å². The zero-order chi connectivity index (χ0) is 9.54. The summed E-state index contributed by atoms with van der Waals surface area (Å²) in [7, 11) is 0. The van der Waals surface area contributed by atoms with Gasteiger partial charge in [0.15, 0.2) is 0 Å². The zero-order valence-electron chi connectivity index (χ0n) is 6.32. The van der Waals surface area contributed by atoms with Crippen LogP contribution in [0.4, 0.5) is 0 Å². The molecular weight excluding hydrogens is 148 g/mol. The normalized spacial score (nSPS) is 5.82. The van der Waals surface area contributed by atoms with Crippen LogP contribution < -0.4 is 0 Å². The minimum Gasteiger partial charge on any atom is -0.307 e. The third-order valence-corrected chi connectivity index (χ3v) is 0.644. The number of carbonyl (C=O) groups excluding carboxylic acids is 4. The first kappa shape index (κ1) is 16.3. The highest BCUT2D eigenvalue weighted by Gasteiger charge is 1.80. The van der Waals surface area contributed by atoms with Gasteiger partial charge in [0.25, 0.3) is 0 Å². The van der Waals surface area contributed by atoms with Crippen LogP contribution in [-0.4, -0.2) is 26.2 Å². The Balaban J connectivity index is -0.000000138. The predicted octanol–water partition coefficient (Wildman–Crippen LogP) is 0.185. The lowest BCUT2D eigenvalue weighted by Crippen LogP contribution is -1.76. The molecule has 0 aliphatic carbocycles. The molecule has 4 nitrogen and oxygen atoms in total. The van der Waals surface area contributed by atoms with E-state index in [0.29, 0.717) is 19.3 Å². The number of aldehydes is 2. The Labute approximate surface area is 65.6 Å². The maximum Gasteiger partial charge on any atom is 0.120 e. The van der Waals surface area contributed by atoms with E-state index in [9.17, 15) is 9.59 Å². The molecule has 0 N–H and O–H groups in total. The summed E-state index contributed by atoms with van der Waals surface area (Å²) in [5, 5.41) is 0. The molecule has 0 spiro atoms. The predicted molar refractivity (Wildman–Crippen MR) is 40.2 cm³/mol. The molecule has 0 aliphatic rings. The van der Waals surface area contributed by atoms with E-state index in [4.69, 9.17) is 9.59 Å². The fourth-order valence-electron chi connectivity index (χ4n) is 0.285. The van der Waals surface area contributed by atoms with E-state index in [-0.39, 0.29) is 0 Å². The van der Waals surface area contributed by atoms with Crippen molar-refractivity contribution < 1.29 is 19.2 Å². The van der Waals surface area contributed by atoms with E-state index in [1.54, 1.807) is 0 Å². The van der Waals surface area contributed by atoms with Crippen molar-refractivity contribution in [2.75, 3.05) is 0 Å². The Morgan fingerprint density at radius 1 is 0.818 bits per heavy atom. The van der Waals surface area contributed by atoms with Gasteiger partial charge in [0.1, 0.15) is 26.2 Å². The maximum absolute atomic E-state index is 9.56. The summed E-state index contributed by atoms with van der Waals surface area (Å²) in [6, 6.07) is 0. The molecule has 0 saturated carbocycles. The molecule has 0 atom stereocenters. The molecule has 0 amide bonds. The lowest BCUT2D eigenvalue weighted by atomic mass is 10.3. The molecule has 11 heavy (non-hydrogen) atoms. The first-order valence-electron chi connectivity index (χ1n) is 2.87. The Morgan fingerprint density at radius 2 is 1.09 bits per heavy atom. The van der Waals surface area contributed by atoms with E-state index in [1.165, 1.54) is 0 Å². The van der Waals surface area contributed by atoms with Crippen molar-refractivity contribution in [2.24, 2.45) is 0 Å². The number of hydrogen-bond donors (Lipinski definition) is 0. The Morgan fingerprint density at radius 3 is 1.27 bits per heavy atom. The summed E-state index contributed by atoms with van der Waals surface area (Å²) in [6.07, 6.45) is 3.37. The molecule has 0 aromatic carbocycles. The highest BCUT2D eigenvalue weighted by Crippen LogP contribution is 1.85. The molecule has 0 heterocycles. The minimum atomic E-state index is 0.513. The Kier molecular flexibility index (Phi) is 56.2. The highest BCUT2D eigenvalue weighted by atomic mass is 16.1. The average molecular weight is 160 g/mol. The molecule has 64 valence electrons. The summed E-state index contributed by atoms with van der Waals surface area (Å²) in [4.78, 5) is 35.1. The van der Waals surface area contributed by atoms with Crippen molar-refractivity contribution in [3.8, 4) is 0 Å². The van der Waals surface area contributed by atoms with Gasteiger partial charge in [-0.3, -0.25) is 0 Å². The van der Waals surface area contributed by atoms with E-state index in [1.807, 2.05) is 13.6 Å². The van der Waals surface area contributed by atoms with Crippen LogP contribution in [0.2, 0.25) is 0 Å². The van der Waals surface area contributed by atoms with Gasteiger partial charge in [-0.05, 0) is 6.42 Å². The van der Waals surface area contributed by atoms with Crippen LogP contribution in [0.5, 0.6) is 0 Å². The van der Waals surface area contributed by atoms with Crippen molar-refractivity contribution in [1.82, 2.24) is 0 Å². The Hall–Kier alpha value is -1.32. The molecule has 0 radical (unpaired) electrons. The van der Waals surface area contributed by atoms with Gasteiger partial charge in [-0.25, -0.2) is 0 Å². The fraction of sp³-hybridized carbons (Fsp3) is 0.429. The van der Waals surface area contributed by atoms with Gasteiger partial charge >= 0.3 is 0 Å². The number of rotatable bonds is 4. The molecule has 0 unspecified atom stereocenters. The smallest absolute Gasteiger partial charge is 0.120 e. The van der Waals surface area contributed by atoms with Gasteiger partial charge in [0.05, 0.1) is 0 Å². The van der Waals surface area contributed by atoms with Gasteiger partial charge < -0.3 is 19.2 Å². The Bertz CT molecular complexity index is 72.5. The first-order chi connectivity index (χ1) is 5.41. The second kappa shape index (κ2) is 37.8. The van der Waals surface area contributed by atoms with E-state index in [0.717, 1.165) is 12.6 Å². The second-order valence-corrected chi connectivity index (χ2v) is 1.26. The summed E-state index contributed by atoms with van der Waals surface area (Å²) >= 11 is 0. The quantitative estimate of drug-likeness (QED) is 0.434. The first-order valence-corrected chi connectivity index (χ1v) is 2.87. The molecule has 4 heteroatoms.